The number of carbonyl (C=O) groups is 3. The van der Waals surface area contributed by atoms with Crippen molar-refractivity contribution in [1.29, 1.82) is 0 Å². The summed E-state index contributed by atoms with van der Waals surface area (Å²) in [4.78, 5) is 34.8. The first-order chi connectivity index (χ1) is 10.6. The number of thioether (sulfide) groups is 1. The predicted octanol–water partition coefficient (Wildman–Crippen LogP) is 3.11. The number of ether oxygens (including phenoxy) is 1. The van der Waals surface area contributed by atoms with Gasteiger partial charge in [-0.3, -0.25) is 19.7 Å². The van der Waals surface area contributed by atoms with E-state index in [1.165, 1.54) is 0 Å². The summed E-state index contributed by atoms with van der Waals surface area (Å²) in [5.41, 5.74) is 0.771. The van der Waals surface area contributed by atoms with E-state index in [0.29, 0.717) is 10.7 Å². The van der Waals surface area contributed by atoms with Gasteiger partial charge < -0.3 is 4.74 Å². The van der Waals surface area contributed by atoms with Crippen molar-refractivity contribution < 1.29 is 19.1 Å². The Morgan fingerprint density at radius 1 is 1.18 bits per heavy atom. The number of rotatable bonds is 3. The van der Waals surface area contributed by atoms with Gasteiger partial charge in [0, 0.05) is 0 Å². The summed E-state index contributed by atoms with van der Waals surface area (Å²) in [7, 11) is 0. The molecule has 0 radical (unpaired) electrons. The van der Waals surface area contributed by atoms with E-state index >= 15 is 0 Å². The molecule has 0 aromatic heterocycles. The molecule has 6 heteroatoms. The minimum Gasteiger partial charge on any atom is -0.426 e. The van der Waals surface area contributed by atoms with Crippen molar-refractivity contribution >= 4 is 35.0 Å². The SMILES string of the molecule is O=C1NC(=O)C(=Cc2ccc(OC(=O)C3CCCC3)cc2)S1. The highest BCUT2D eigenvalue weighted by molar-refractivity contribution is 8.18. The Kier molecular flexibility index (Phi) is 4.29. The molecule has 1 heterocycles. The molecule has 1 N–H and O–H groups in total. The van der Waals surface area contributed by atoms with Crippen LogP contribution in [0.1, 0.15) is 31.2 Å². The van der Waals surface area contributed by atoms with Crippen LogP contribution in [0, 0.1) is 5.92 Å². The van der Waals surface area contributed by atoms with Gasteiger partial charge in [0.05, 0.1) is 10.8 Å². The van der Waals surface area contributed by atoms with Crippen LogP contribution in [0.5, 0.6) is 5.75 Å². The largest absolute Gasteiger partial charge is 0.426 e. The van der Waals surface area contributed by atoms with Gasteiger partial charge in [0.2, 0.25) is 0 Å². The third-order valence-corrected chi connectivity index (χ3v) is 4.54. The van der Waals surface area contributed by atoms with Crippen molar-refractivity contribution in [2.24, 2.45) is 5.92 Å². The maximum absolute atomic E-state index is 11.9. The van der Waals surface area contributed by atoms with E-state index in [0.717, 1.165) is 43.0 Å². The maximum atomic E-state index is 11.9. The molecule has 0 bridgehead atoms. The molecule has 1 aliphatic carbocycles. The van der Waals surface area contributed by atoms with E-state index in [4.69, 9.17) is 4.74 Å². The number of hydrogen-bond acceptors (Lipinski definition) is 5. The van der Waals surface area contributed by atoms with Crippen LogP contribution in [-0.4, -0.2) is 17.1 Å². The molecule has 2 amide bonds. The number of hydrogen-bond donors (Lipinski definition) is 1. The van der Waals surface area contributed by atoms with Crippen molar-refractivity contribution in [2.45, 2.75) is 25.7 Å². The number of esters is 1. The van der Waals surface area contributed by atoms with Crippen molar-refractivity contribution in [2.75, 3.05) is 0 Å². The van der Waals surface area contributed by atoms with Gasteiger partial charge in [0.1, 0.15) is 5.75 Å². The molecule has 1 aromatic carbocycles. The van der Waals surface area contributed by atoms with Crippen LogP contribution < -0.4 is 10.1 Å². The molecule has 0 atom stereocenters. The van der Waals surface area contributed by atoms with Gasteiger partial charge in [-0.2, -0.15) is 0 Å². The van der Waals surface area contributed by atoms with Gasteiger partial charge in [-0.05, 0) is 48.4 Å². The van der Waals surface area contributed by atoms with E-state index in [1.54, 1.807) is 30.3 Å². The summed E-state index contributed by atoms with van der Waals surface area (Å²) < 4.78 is 5.36. The zero-order valence-electron chi connectivity index (χ0n) is 11.8. The molecule has 22 heavy (non-hydrogen) atoms. The molecular formula is C16H15NO4S. The Morgan fingerprint density at radius 3 is 2.45 bits per heavy atom. The quantitative estimate of drug-likeness (QED) is 0.527. The summed E-state index contributed by atoms with van der Waals surface area (Å²) in [5, 5.41) is 1.84. The lowest BCUT2D eigenvalue weighted by atomic mass is 10.1. The van der Waals surface area contributed by atoms with Crippen LogP contribution in [0.4, 0.5) is 4.79 Å². The third kappa shape index (κ3) is 3.39. The second-order valence-electron chi connectivity index (χ2n) is 5.32. The Balaban J connectivity index is 1.65. The second kappa shape index (κ2) is 6.36. The Morgan fingerprint density at radius 2 is 1.86 bits per heavy atom. The molecule has 0 spiro atoms. The highest BCUT2D eigenvalue weighted by Crippen LogP contribution is 2.28. The zero-order valence-corrected chi connectivity index (χ0v) is 12.7. The van der Waals surface area contributed by atoms with Crippen molar-refractivity contribution in [3.05, 3.63) is 34.7 Å². The topological polar surface area (TPSA) is 72.5 Å². The fourth-order valence-corrected chi connectivity index (χ4v) is 3.25. The Labute approximate surface area is 132 Å². The second-order valence-corrected chi connectivity index (χ2v) is 6.34. The maximum Gasteiger partial charge on any atom is 0.314 e. The van der Waals surface area contributed by atoms with Crippen LogP contribution >= 0.6 is 11.8 Å². The Hall–Kier alpha value is -2.08. The van der Waals surface area contributed by atoms with Gasteiger partial charge in [-0.1, -0.05) is 25.0 Å². The number of benzene rings is 1. The monoisotopic (exact) mass is 317 g/mol. The van der Waals surface area contributed by atoms with E-state index in [2.05, 4.69) is 5.32 Å². The van der Waals surface area contributed by atoms with Crippen LogP contribution in [-0.2, 0) is 9.59 Å². The Bertz CT molecular complexity index is 645. The molecule has 114 valence electrons. The number of amides is 2. The minimum absolute atomic E-state index is 0.0198. The molecule has 1 aromatic rings. The molecule has 3 rings (SSSR count). The van der Waals surface area contributed by atoms with E-state index in [1.807, 2.05) is 0 Å². The molecule has 1 saturated heterocycles. The standard InChI is InChI=1S/C16H15NO4S/c18-14-13(22-16(20)17-14)9-10-5-7-12(8-6-10)21-15(19)11-3-1-2-4-11/h5-9,11H,1-4H2,(H,17,18,20). The van der Waals surface area contributed by atoms with Crippen LogP contribution in [0.15, 0.2) is 29.2 Å². The third-order valence-electron chi connectivity index (χ3n) is 3.73. The molecule has 2 aliphatic rings. The molecule has 1 aliphatic heterocycles. The fourth-order valence-electron chi connectivity index (χ4n) is 2.57. The number of nitrogens with one attached hydrogen (secondary N) is 1. The molecule has 0 unspecified atom stereocenters. The van der Waals surface area contributed by atoms with Gasteiger partial charge in [-0.25, -0.2) is 0 Å². The highest BCUT2D eigenvalue weighted by Gasteiger charge is 2.25. The minimum atomic E-state index is -0.383. The first kappa shape index (κ1) is 14.8. The first-order valence-corrected chi connectivity index (χ1v) is 8.00. The summed E-state index contributed by atoms with van der Waals surface area (Å²) >= 11 is 0.876. The van der Waals surface area contributed by atoms with Gasteiger partial charge in [-0.15, -0.1) is 0 Å². The molecule has 5 nitrogen and oxygen atoms in total. The first-order valence-electron chi connectivity index (χ1n) is 7.18. The molecule has 2 fully saturated rings. The van der Waals surface area contributed by atoms with E-state index < -0.39 is 0 Å². The zero-order chi connectivity index (χ0) is 15.5. The predicted molar refractivity (Wildman–Crippen MR) is 83.1 cm³/mol. The number of imide groups is 1. The average molecular weight is 317 g/mol. The summed E-state index contributed by atoms with van der Waals surface area (Å²) in [6.45, 7) is 0. The average Bonchev–Trinajstić information content (AvgIpc) is 3.12. The smallest absolute Gasteiger partial charge is 0.314 e. The van der Waals surface area contributed by atoms with Gasteiger partial charge >= 0.3 is 5.97 Å². The normalized spacial score (nSPS) is 20.5. The van der Waals surface area contributed by atoms with Crippen LogP contribution in [0.25, 0.3) is 6.08 Å². The summed E-state index contributed by atoms with van der Waals surface area (Å²) in [6.07, 6.45) is 5.62. The summed E-state index contributed by atoms with van der Waals surface area (Å²) in [5.74, 6) is -0.0308. The highest BCUT2D eigenvalue weighted by atomic mass is 32.2. The van der Waals surface area contributed by atoms with Crippen molar-refractivity contribution in [3.8, 4) is 5.75 Å². The lowest BCUT2D eigenvalue weighted by molar-refractivity contribution is -0.138. The van der Waals surface area contributed by atoms with Crippen LogP contribution in [0.3, 0.4) is 0 Å². The lowest BCUT2D eigenvalue weighted by Crippen LogP contribution is -2.17. The van der Waals surface area contributed by atoms with Gasteiger partial charge in [0.15, 0.2) is 0 Å². The van der Waals surface area contributed by atoms with Crippen LogP contribution in [0.2, 0.25) is 0 Å². The lowest BCUT2D eigenvalue weighted by Gasteiger charge is -2.09. The number of carbonyl (C=O) groups excluding carboxylic acids is 3. The van der Waals surface area contributed by atoms with E-state index in [-0.39, 0.29) is 23.0 Å². The molecular weight excluding hydrogens is 302 g/mol. The summed E-state index contributed by atoms with van der Waals surface area (Å²) in [6, 6.07) is 6.89. The van der Waals surface area contributed by atoms with Crippen molar-refractivity contribution in [3.63, 3.8) is 0 Å². The van der Waals surface area contributed by atoms with E-state index in [9.17, 15) is 14.4 Å². The molecule has 1 saturated carbocycles. The fraction of sp³-hybridized carbons (Fsp3) is 0.312. The van der Waals surface area contributed by atoms with Gasteiger partial charge in [0.25, 0.3) is 11.1 Å². The van der Waals surface area contributed by atoms with Crippen molar-refractivity contribution in [1.82, 2.24) is 5.32 Å².